The van der Waals surface area contributed by atoms with Crippen molar-refractivity contribution in [3.8, 4) is 0 Å². The van der Waals surface area contributed by atoms with Crippen molar-refractivity contribution in [2.45, 2.75) is 25.3 Å². The van der Waals surface area contributed by atoms with Gasteiger partial charge in [0.2, 0.25) is 0 Å². The normalized spacial score (nSPS) is 24.9. The third-order valence-electron chi connectivity index (χ3n) is 1.97. The maximum atomic E-state index is 5.34. The van der Waals surface area contributed by atoms with Crippen LogP contribution in [0.1, 0.15) is 19.3 Å². The minimum atomic E-state index is 0.587. The molecule has 0 radical (unpaired) electrons. The molecule has 0 unspecified atom stereocenters. The highest BCUT2D eigenvalue weighted by Crippen LogP contribution is 2.06. The van der Waals surface area contributed by atoms with Crippen molar-refractivity contribution >= 4 is 0 Å². The fraction of sp³-hybridized carbons (Fsp3) is 0.778. The van der Waals surface area contributed by atoms with Crippen LogP contribution in [0.15, 0.2) is 12.7 Å². The largest absolute Gasteiger partial charge is 0.376 e. The summed E-state index contributed by atoms with van der Waals surface area (Å²) < 4.78 is 5.34. The number of nitrogens with one attached hydrogen (secondary N) is 1. The van der Waals surface area contributed by atoms with E-state index in [2.05, 4.69) is 11.9 Å². The quantitative estimate of drug-likeness (QED) is 0.488. The molecule has 0 aromatic heterocycles. The van der Waals surface area contributed by atoms with Crippen LogP contribution in [0.3, 0.4) is 0 Å². The summed E-state index contributed by atoms with van der Waals surface area (Å²) in [6.07, 6.45) is 5.72. The smallest absolute Gasteiger partial charge is 0.0645 e. The van der Waals surface area contributed by atoms with Crippen molar-refractivity contribution in [2.24, 2.45) is 0 Å². The molecule has 1 rings (SSSR count). The molecule has 0 saturated carbocycles. The fourth-order valence-electron chi connectivity index (χ4n) is 1.36. The lowest BCUT2D eigenvalue weighted by Crippen LogP contribution is -2.37. The Morgan fingerprint density at radius 2 is 2.45 bits per heavy atom. The Hall–Kier alpha value is -0.340. The molecular weight excluding hydrogens is 138 g/mol. The van der Waals surface area contributed by atoms with Gasteiger partial charge in [-0.2, -0.15) is 0 Å². The third kappa shape index (κ3) is 3.54. The van der Waals surface area contributed by atoms with Gasteiger partial charge in [-0.15, -0.1) is 6.58 Å². The second-order valence-corrected chi connectivity index (χ2v) is 2.97. The van der Waals surface area contributed by atoms with Gasteiger partial charge < -0.3 is 10.1 Å². The monoisotopic (exact) mass is 155 g/mol. The highest BCUT2D eigenvalue weighted by Gasteiger charge is 2.11. The zero-order valence-electron chi connectivity index (χ0n) is 7.01. The van der Waals surface area contributed by atoms with Gasteiger partial charge in [0.15, 0.2) is 0 Å². The van der Waals surface area contributed by atoms with E-state index < -0.39 is 0 Å². The second kappa shape index (κ2) is 5.33. The molecule has 11 heavy (non-hydrogen) atoms. The summed E-state index contributed by atoms with van der Waals surface area (Å²) in [6, 6.07) is 0.587. The number of hydrogen-bond donors (Lipinski definition) is 1. The lowest BCUT2D eigenvalue weighted by molar-refractivity contribution is 0.126. The zero-order valence-corrected chi connectivity index (χ0v) is 7.01. The van der Waals surface area contributed by atoms with Gasteiger partial charge in [0, 0.05) is 6.04 Å². The summed E-state index contributed by atoms with van der Waals surface area (Å²) in [5.41, 5.74) is 0. The number of rotatable bonds is 4. The molecule has 0 aromatic carbocycles. The van der Waals surface area contributed by atoms with Gasteiger partial charge in [0.1, 0.15) is 0 Å². The van der Waals surface area contributed by atoms with Crippen LogP contribution >= 0.6 is 0 Å². The van der Waals surface area contributed by atoms with Gasteiger partial charge in [-0.1, -0.05) is 12.5 Å². The number of piperidine rings is 1. The van der Waals surface area contributed by atoms with Crippen LogP contribution in [0, 0.1) is 0 Å². The molecule has 0 bridgehead atoms. The van der Waals surface area contributed by atoms with Crippen molar-refractivity contribution in [1.29, 1.82) is 0 Å². The summed E-state index contributed by atoms with van der Waals surface area (Å²) in [5.74, 6) is 0. The Bertz CT molecular complexity index is 108. The Labute approximate surface area is 68.6 Å². The molecule has 0 aromatic rings. The van der Waals surface area contributed by atoms with Gasteiger partial charge in [-0.05, 0) is 19.4 Å². The molecular formula is C9H17NO. The summed E-state index contributed by atoms with van der Waals surface area (Å²) in [7, 11) is 0. The SMILES string of the molecule is C=CCOC[C@H]1CCCCN1. The molecule has 1 aliphatic heterocycles. The van der Waals surface area contributed by atoms with Crippen molar-refractivity contribution in [3.05, 3.63) is 12.7 Å². The minimum Gasteiger partial charge on any atom is -0.376 e. The summed E-state index contributed by atoms with van der Waals surface area (Å²) in [6.45, 7) is 6.27. The van der Waals surface area contributed by atoms with Crippen LogP contribution in [0.4, 0.5) is 0 Å². The molecule has 0 aliphatic carbocycles. The van der Waals surface area contributed by atoms with Crippen LogP contribution in [-0.4, -0.2) is 25.8 Å². The predicted molar refractivity (Wildman–Crippen MR) is 46.7 cm³/mol. The van der Waals surface area contributed by atoms with E-state index in [0.29, 0.717) is 12.6 Å². The number of hydrogen-bond acceptors (Lipinski definition) is 2. The van der Waals surface area contributed by atoms with Crippen LogP contribution < -0.4 is 5.32 Å². The van der Waals surface area contributed by atoms with E-state index in [1.54, 1.807) is 6.08 Å². The molecule has 1 saturated heterocycles. The first kappa shape index (κ1) is 8.75. The Morgan fingerprint density at radius 1 is 1.55 bits per heavy atom. The van der Waals surface area contributed by atoms with Crippen molar-refractivity contribution in [2.75, 3.05) is 19.8 Å². The molecule has 1 N–H and O–H groups in total. The zero-order chi connectivity index (χ0) is 7.94. The first-order chi connectivity index (χ1) is 5.43. The van der Waals surface area contributed by atoms with Gasteiger partial charge in [0.25, 0.3) is 0 Å². The predicted octanol–water partition coefficient (Wildman–Crippen LogP) is 1.33. The van der Waals surface area contributed by atoms with Gasteiger partial charge in [-0.3, -0.25) is 0 Å². The van der Waals surface area contributed by atoms with E-state index in [-0.39, 0.29) is 0 Å². The van der Waals surface area contributed by atoms with E-state index in [1.165, 1.54) is 19.3 Å². The molecule has 0 amide bonds. The standard InChI is InChI=1S/C9H17NO/c1-2-7-11-8-9-5-3-4-6-10-9/h2,9-10H,1,3-8H2/t9-/m1/s1. The molecule has 1 fully saturated rings. The third-order valence-corrected chi connectivity index (χ3v) is 1.97. The highest BCUT2D eigenvalue weighted by molar-refractivity contribution is 4.72. The van der Waals surface area contributed by atoms with Crippen molar-refractivity contribution in [3.63, 3.8) is 0 Å². The molecule has 2 heteroatoms. The van der Waals surface area contributed by atoms with Gasteiger partial charge in [0.05, 0.1) is 13.2 Å². The Kier molecular flexibility index (Phi) is 4.24. The average molecular weight is 155 g/mol. The molecule has 1 atom stereocenters. The van der Waals surface area contributed by atoms with E-state index in [9.17, 15) is 0 Å². The Morgan fingerprint density at radius 3 is 3.09 bits per heavy atom. The van der Waals surface area contributed by atoms with Crippen molar-refractivity contribution < 1.29 is 4.74 Å². The number of ether oxygens (including phenoxy) is 1. The maximum absolute atomic E-state index is 5.34. The van der Waals surface area contributed by atoms with Gasteiger partial charge in [-0.25, -0.2) is 0 Å². The molecule has 0 spiro atoms. The first-order valence-electron chi connectivity index (χ1n) is 4.35. The molecule has 1 aliphatic rings. The molecule has 64 valence electrons. The van der Waals surface area contributed by atoms with E-state index in [0.717, 1.165) is 13.2 Å². The van der Waals surface area contributed by atoms with Crippen LogP contribution in [0.5, 0.6) is 0 Å². The van der Waals surface area contributed by atoms with Crippen LogP contribution in [-0.2, 0) is 4.74 Å². The lowest BCUT2D eigenvalue weighted by atomic mass is 10.1. The summed E-state index contributed by atoms with van der Waals surface area (Å²) in [4.78, 5) is 0. The second-order valence-electron chi connectivity index (χ2n) is 2.97. The lowest BCUT2D eigenvalue weighted by Gasteiger charge is -2.22. The Balaban J connectivity index is 2.00. The highest BCUT2D eigenvalue weighted by atomic mass is 16.5. The van der Waals surface area contributed by atoms with E-state index >= 15 is 0 Å². The van der Waals surface area contributed by atoms with E-state index in [4.69, 9.17) is 4.74 Å². The van der Waals surface area contributed by atoms with Crippen LogP contribution in [0.25, 0.3) is 0 Å². The van der Waals surface area contributed by atoms with Crippen LogP contribution in [0.2, 0.25) is 0 Å². The first-order valence-corrected chi connectivity index (χ1v) is 4.35. The average Bonchev–Trinajstić information content (AvgIpc) is 2.07. The topological polar surface area (TPSA) is 21.3 Å². The maximum Gasteiger partial charge on any atom is 0.0645 e. The van der Waals surface area contributed by atoms with Crippen molar-refractivity contribution in [1.82, 2.24) is 5.32 Å². The molecule has 2 nitrogen and oxygen atoms in total. The fourth-order valence-corrected chi connectivity index (χ4v) is 1.36. The summed E-state index contributed by atoms with van der Waals surface area (Å²) >= 11 is 0. The minimum absolute atomic E-state index is 0.587. The van der Waals surface area contributed by atoms with Gasteiger partial charge >= 0.3 is 0 Å². The van der Waals surface area contributed by atoms with E-state index in [1.807, 2.05) is 0 Å². The molecule has 1 heterocycles. The summed E-state index contributed by atoms with van der Waals surface area (Å²) in [5, 5.41) is 3.42.